The average molecular weight is 553 g/mol. The standard InChI is InChI=1S/C26H29FN8O3S/c1-5-14(2)35-25-22(33-24(26(35)36)29-11-17-8-9-18(12-28-17)39(4,37)38)19(10-27)32-23(34-25)20-15(3)30-13-31-21(20)16-6-7-16/h8-9,12-14,16H,5-7,10-11H2,1-4H3,(H,29,33). The van der Waals surface area contributed by atoms with Crippen molar-refractivity contribution in [2.75, 3.05) is 11.6 Å². The molecule has 1 aliphatic carbocycles. The average Bonchev–Trinajstić information content (AvgIpc) is 3.76. The van der Waals surface area contributed by atoms with E-state index in [4.69, 9.17) is 4.98 Å². The molecule has 1 fully saturated rings. The largest absolute Gasteiger partial charge is 0.360 e. The maximum absolute atomic E-state index is 14.4. The van der Waals surface area contributed by atoms with Crippen molar-refractivity contribution >= 4 is 26.8 Å². The summed E-state index contributed by atoms with van der Waals surface area (Å²) in [5, 5.41) is 2.98. The lowest BCUT2D eigenvalue weighted by molar-refractivity contribution is 0.477. The number of anilines is 1. The van der Waals surface area contributed by atoms with Crippen LogP contribution in [0, 0.1) is 6.92 Å². The molecule has 0 saturated heterocycles. The van der Waals surface area contributed by atoms with Crippen LogP contribution in [0.5, 0.6) is 0 Å². The number of nitrogens with zero attached hydrogens (tertiary/aromatic N) is 7. The first kappa shape index (κ1) is 26.7. The Bertz CT molecular complexity index is 1720. The predicted molar refractivity (Wildman–Crippen MR) is 144 cm³/mol. The number of aryl methyl sites for hydroxylation is 1. The molecule has 1 N–H and O–H groups in total. The zero-order valence-corrected chi connectivity index (χ0v) is 23.0. The molecule has 13 heteroatoms. The van der Waals surface area contributed by atoms with Crippen molar-refractivity contribution < 1.29 is 12.8 Å². The minimum Gasteiger partial charge on any atom is -0.360 e. The highest BCUT2D eigenvalue weighted by molar-refractivity contribution is 7.90. The van der Waals surface area contributed by atoms with Crippen LogP contribution in [0.25, 0.3) is 22.6 Å². The van der Waals surface area contributed by atoms with Crippen molar-refractivity contribution in [2.24, 2.45) is 0 Å². The van der Waals surface area contributed by atoms with E-state index in [0.29, 0.717) is 23.4 Å². The van der Waals surface area contributed by atoms with E-state index in [2.05, 4.69) is 30.2 Å². The van der Waals surface area contributed by atoms with Gasteiger partial charge in [-0.15, -0.1) is 0 Å². The van der Waals surface area contributed by atoms with Crippen molar-refractivity contribution in [1.29, 1.82) is 0 Å². The van der Waals surface area contributed by atoms with Gasteiger partial charge in [0.05, 0.1) is 34.1 Å². The van der Waals surface area contributed by atoms with Gasteiger partial charge in [-0.3, -0.25) is 14.3 Å². The van der Waals surface area contributed by atoms with Crippen molar-refractivity contribution in [3.63, 3.8) is 0 Å². The monoisotopic (exact) mass is 552 g/mol. The molecule has 4 aromatic rings. The molecule has 4 aromatic heterocycles. The van der Waals surface area contributed by atoms with Gasteiger partial charge in [0.2, 0.25) is 0 Å². The second-order valence-corrected chi connectivity index (χ2v) is 11.8. The molecular weight excluding hydrogens is 523 g/mol. The molecule has 0 bridgehead atoms. The summed E-state index contributed by atoms with van der Waals surface area (Å²) in [6.45, 7) is 4.88. The summed E-state index contributed by atoms with van der Waals surface area (Å²) >= 11 is 0. The minimum absolute atomic E-state index is 0.000680. The molecule has 0 aliphatic heterocycles. The Morgan fingerprint density at radius 2 is 1.92 bits per heavy atom. The first-order valence-electron chi connectivity index (χ1n) is 12.7. The fourth-order valence-corrected chi connectivity index (χ4v) is 4.96. The normalized spacial score (nSPS) is 14.5. The quantitative estimate of drug-likeness (QED) is 0.326. The fourth-order valence-electron chi connectivity index (χ4n) is 4.40. The molecule has 4 heterocycles. The van der Waals surface area contributed by atoms with E-state index < -0.39 is 22.1 Å². The van der Waals surface area contributed by atoms with Crippen LogP contribution in [0.3, 0.4) is 0 Å². The highest BCUT2D eigenvalue weighted by Gasteiger charge is 2.31. The van der Waals surface area contributed by atoms with Crippen LogP contribution in [0.4, 0.5) is 10.2 Å². The molecule has 204 valence electrons. The van der Waals surface area contributed by atoms with Crippen LogP contribution in [-0.4, -0.2) is 49.1 Å². The van der Waals surface area contributed by atoms with Crippen molar-refractivity contribution in [1.82, 2.24) is 34.5 Å². The highest BCUT2D eigenvalue weighted by atomic mass is 32.2. The Balaban J connectivity index is 1.62. The third-order valence-corrected chi connectivity index (χ3v) is 7.98. The van der Waals surface area contributed by atoms with Gasteiger partial charge >= 0.3 is 0 Å². The second kappa shape index (κ2) is 10.4. The Hall–Kier alpha value is -3.87. The zero-order chi connectivity index (χ0) is 27.9. The molecule has 1 unspecified atom stereocenters. The summed E-state index contributed by atoms with van der Waals surface area (Å²) < 4.78 is 39.4. The molecule has 0 spiro atoms. The second-order valence-electron chi connectivity index (χ2n) is 9.80. The van der Waals surface area contributed by atoms with Crippen LogP contribution in [0.15, 0.2) is 34.3 Å². The summed E-state index contributed by atoms with van der Waals surface area (Å²) in [7, 11) is -3.38. The SMILES string of the molecule is CCC(C)n1c(=O)c(NCc2ccc(S(C)(=O)=O)cn2)nc2c(CF)nc(-c3c(C)ncnc3C3CC3)nc21. The zero-order valence-electron chi connectivity index (χ0n) is 22.1. The summed E-state index contributed by atoms with van der Waals surface area (Å²) in [6.07, 6.45) is 6.52. The van der Waals surface area contributed by atoms with E-state index in [0.717, 1.165) is 24.8 Å². The number of halogens is 1. The van der Waals surface area contributed by atoms with Crippen LogP contribution >= 0.6 is 0 Å². The molecule has 0 radical (unpaired) electrons. The van der Waals surface area contributed by atoms with Crippen molar-refractivity contribution in [2.45, 2.75) is 70.1 Å². The third-order valence-electron chi connectivity index (χ3n) is 6.89. The van der Waals surface area contributed by atoms with Crippen LogP contribution in [-0.2, 0) is 23.1 Å². The highest BCUT2D eigenvalue weighted by Crippen LogP contribution is 2.43. The molecular formula is C26H29FN8O3S. The summed E-state index contributed by atoms with van der Waals surface area (Å²) in [6, 6.07) is 2.75. The molecule has 0 amide bonds. The van der Waals surface area contributed by atoms with Crippen LogP contribution < -0.4 is 10.9 Å². The maximum atomic E-state index is 14.4. The number of hydrogen-bond donors (Lipinski definition) is 1. The van der Waals surface area contributed by atoms with Gasteiger partial charge in [0.25, 0.3) is 5.56 Å². The number of aromatic nitrogens is 7. The predicted octanol–water partition coefficient (Wildman–Crippen LogP) is 3.68. The molecule has 0 aromatic carbocycles. The van der Waals surface area contributed by atoms with Crippen LogP contribution in [0.1, 0.15) is 67.8 Å². The molecule has 1 atom stereocenters. The topological polar surface area (TPSA) is 146 Å². The lowest BCUT2D eigenvalue weighted by Gasteiger charge is -2.19. The lowest BCUT2D eigenvalue weighted by atomic mass is 10.1. The number of sulfone groups is 1. The number of hydrogen-bond acceptors (Lipinski definition) is 10. The van der Waals surface area contributed by atoms with E-state index in [9.17, 15) is 17.6 Å². The Morgan fingerprint density at radius 1 is 1.15 bits per heavy atom. The van der Waals surface area contributed by atoms with Gasteiger partial charge in [0.15, 0.2) is 27.1 Å². The Labute approximate surface area is 224 Å². The molecule has 1 aliphatic rings. The van der Waals surface area contributed by atoms with Gasteiger partial charge in [0, 0.05) is 24.4 Å². The van der Waals surface area contributed by atoms with E-state index >= 15 is 0 Å². The van der Waals surface area contributed by atoms with Gasteiger partial charge in [-0.25, -0.2) is 37.7 Å². The van der Waals surface area contributed by atoms with E-state index in [1.807, 2.05) is 20.8 Å². The molecule has 11 nitrogen and oxygen atoms in total. The smallest absolute Gasteiger partial charge is 0.295 e. The van der Waals surface area contributed by atoms with E-state index in [-0.39, 0.29) is 51.9 Å². The number of fused-ring (bicyclic) bond motifs is 1. The summed E-state index contributed by atoms with van der Waals surface area (Å²) in [4.78, 5) is 40.4. The number of rotatable bonds is 9. The maximum Gasteiger partial charge on any atom is 0.295 e. The van der Waals surface area contributed by atoms with Gasteiger partial charge in [-0.2, -0.15) is 0 Å². The Morgan fingerprint density at radius 3 is 2.54 bits per heavy atom. The third kappa shape index (κ3) is 5.22. The fraction of sp³-hybridized carbons (Fsp3) is 0.423. The minimum atomic E-state index is -3.38. The van der Waals surface area contributed by atoms with Crippen molar-refractivity contribution in [3.05, 3.63) is 57.8 Å². The van der Waals surface area contributed by atoms with Gasteiger partial charge in [-0.1, -0.05) is 6.92 Å². The number of pyridine rings is 1. The molecule has 39 heavy (non-hydrogen) atoms. The van der Waals surface area contributed by atoms with E-state index in [1.165, 1.54) is 23.2 Å². The van der Waals surface area contributed by atoms with Crippen LogP contribution in [0.2, 0.25) is 0 Å². The molecule has 5 rings (SSSR count). The summed E-state index contributed by atoms with van der Waals surface area (Å²) in [5.74, 6) is 0.571. The summed E-state index contributed by atoms with van der Waals surface area (Å²) in [5.41, 5.74) is 2.79. The first-order valence-corrected chi connectivity index (χ1v) is 14.6. The lowest BCUT2D eigenvalue weighted by Crippen LogP contribution is -2.29. The van der Waals surface area contributed by atoms with Crippen molar-refractivity contribution in [3.8, 4) is 11.4 Å². The van der Waals surface area contributed by atoms with Gasteiger partial charge < -0.3 is 5.32 Å². The first-order chi connectivity index (χ1) is 18.6. The van der Waals surface area contributed by atoms with E-state index in [1.54, 1.807) is 6.07 Å². The Kier molecular flexibility index (Phi) is 7.10. The van der Waals surface area contributed by atoms with Gasteiger partial charge in [-0.05, 0) is 45.2 Å². The number of alkyl halides is 1. The molecule has 1 saturated carbocycles. The number of nitrogens with one attached hydrogen (secondary N) is 1. The van der Waals surface area contributed by atoms with Gasteiger partial charge in [0.1, 0.15) is 24.2 Å².